The third-order valence-corrected chi connectivity index (χ3v) is 7.98. The predicted octanol–water partition coefficient (Wildman–Crippen LogP) is 6.84. The van der Waals surface area contributed by atoms with Crippen LogP contribution in [0, 0.1) is 0 Å². The Kier molecular flexibility index (Phi) is 6.84. The summed E-state index contributed by atoms with van der Waals surface area (Å²) in [5.74, 6) is 0.774. The van der Waals surface area contributed by atoms with Gasteiger partial charge in [0.15, 0.2) is 23.0 Å². The highest BCUT2D eigenvalue weighted by atomic mass is 16.5. The van der Waals surface area contributed by atoms with Crippen LogP contribution in [0.15, 0.2) is 48.5 Å². The summed E-state index contributed by atoms with van der Waals surface area (Å²) < 4.78 is 34.5. The van der Waals surface area contributed by atoms with Gasteiger partial charge in [-0.15, -0.1) is 0 Å². The van der Waals surface area contributed by atoms with Crippen molar-refractivity contribution in [2.24, 2.45) is 0 Å². The fourth-order valence-electron chi connectivity index (χ4n) is 6.18. The van der Waals surface area contributed by atoms with Gasteiger partial charge in [-0.1, -0.05) is 0 Å². The Morgan fingerprint density at radius 1 is 0.386 bits per heavy atom. The average Bonchev–Trinajstić information content (AvgIpc) is 3.03. The summed E-state index contributed by atoms with van der Waals surface area (Å²) in [6.45, 7) is 0. The molecular weight excluding hydrogens is 568 g/mol. The smallest absolute Gasteiger partial charge is 0.204 e. The van der Waals surface area contributed by atoms with Crippen LogP contribution in [0.2, 0.25) is 0 Å². The first kappa shape index (κ1) is 28.5. The van der Waals surface area contributed by atoms with E-state index in [2.05, 4.69) is 0 Å². The number of hydrogen-bond donors (Lipinski definition) is 4. The maximum Gasteiger partial charge on any atom is 0.204 e. The van der Waals surface area contributed by atoms with Crippen molar-refractivity contribution in [2.75, 3.05) is 42.7 Å². The molecule has 0 aliphatic rings. The summed E-state index contributed by atoms with van der Waals surface area (Å²) in [4.78, 5) is 0. The Bertz CT molecular complexity index is 1980. The molecule has 4 N–H and O–H groups in total. The maximum absolute atomic E-state index is 11.9. The number of rotatable bonds is 7. The largest absolute Gasteiger partial charge is 0.508 e. The molecule has 6 rings (SSSR count). The van der Waals surface area contributed by atoms with E-state index in [0.717, 1.165) is 0 Å². The molecule has 6 aromatic rings. The number of ether oxygens (including phenoxy) is 6. The van der Waals surface area contributed by atoms with E-state index in [1.807, 2.05) is 0 Å². The lowest BCUT2D eigenvalue weighted by molar-refractivity contribution is 0.335. The Morgan fingerprint density at radius 3 is 1.07 bits per heavy atom. The SMILES string of the molecule is COc1c(O)c(-c2c(O)c(OC)c(OC)c3c2cc(OC)c2cc(O)ccc23)c2cc(OC)c3cc(O)ccc3c2c1OC. The van der Waals surface area contributed by atoms with Gasteiger partial charge in [0.25, 0.3) is 0 Å². The van der Waals surface area contributed by atoms with Crippen molar-refractivity contribution in [1.29, 1.82) is 0 Å². The zero-order chi connectivity index (χ0) is 31.4. The Hall–Kier alpha value is -5.64. The molecule has 0 unspecified atom stereocenters. The van der Waals surface area contributed by atoms with Crippen LogP contribution in [0.5, 0.6) is 57.5 Å². The minimum atomic E-state index is -0.314. The Morgan fingerprint density at radius 2 is 0.750 bits per heavy atom. The lowest BCUT2D eigenvalue weighted by Crippen LogP contribution is -2.00. The van der Waals surface area contributed by atoms with Gasteiger partial charge in [0, 0.05) is 43.4 Å². The molecule has 44 heavy (non-hydrogen) atoms. The zero-order valence-corrected chi connectivity index (χ0v) is 24.9. The van der Waals surface area contributed by atoms with Crippen LogP contribution in [0.4, 0.5) is 0 Å². The second-order valence-electron chi connectivity index (χ2n) is 10.0. The van der Waals surface area contributed by atoms with E-state index in [4.69, 9.17) is 28.4 Å². The molecule has 0 aliphatic heterocycles. The van der Waals surface area contributed by atoms with Crippen molar-refractivity contribution in [3.63, 3.8) is 0 Å². The molecule has 10 heteroatoms. The zero-order valence-electron chi connectivity index (χ0n) is 24.9. The van der Waals surface area contributed by atoms with Gasteiger partial charge in [0.1, 0.15) is 23.0 Å². The van der Waals surface area contributed by atoms with Crippen molar-refractivity contribution < 1.29 is 48.8 Å². The van der Waals surface area contributed by atoms with Crippen LogP contribution in [0.3, 0.4) is 0 Å². The monoisotopic (exact) mass is 598 g/mol. The van der Waals surface area contributed by atoms with Crippen molar-refractivity contribution in [1.82, 2.24) is 0 Å². The predicted molar refractivity (Wildman–Crippen MR) is 168 cm³/mol. The molecule has 0 saturated carbocycles. The van der Waals surface area contributed by atoms with Gasteiger partial charge < -0.3 is 48.8 Å². The molecule has 0 atom stereocenters. The highest BCUT2D eigenvalue weighted by Gasteiger charge is 2.31. The molecule has 0 bridgehead atoms. The fraction of sp³-hybridized carbons (Fsp3) is 0.176. The van der Waals surface area contributed by atoms with Crippen LogP contribution in [0.1, 0.15) is 0 Å². The molecule has 0 spiro atoms. The topological polar surface area (TPSA) is 136 Å². The lowest BCUT2D eigenvalue weighted by atomic mass is 9.87. The van der Waals surface area contributed by atoms with E-state index >= 15 is 0 Å². The van der Waals surface area contributed by atoms with E-state index in [1.54, 1.807) is 36.4 Å². The van der Waals surface area contributed by atoms with Gasteiger partial charge in [0.05, 0.1) is 42.7 Å². The van der Waals surface area contributed by atoms with Crippen LogP contribution in [0.25, 0.3) is 54.2 Å². The van der Waals surface area contributed by atoms with E-state index in [9.17, 15) is 20.4 Å². The Labute approximate surface area is 251 Å². The summed E-state index contributed by atoms with van der Waals surface area (Å²) >= 11 is 0. The second-order valence-corrected chi connectivity index (χ2v) is 10.0. The first-order valence-corrected chi connectivity index (χ1v) is 13.4. The summed E-state index contributed by atoms with van der Waals surface area (Å²) in [5.41, 5.74) is 0.379. The van der Waals surface area contributed by atoms with Crippen molar-refractivity contribution in [3.8, 4) is 68.6 Å². The summed E-state index contributed by atoms with van der Waals surface area (Å²) in [7, 11) is 8.73. The third kappa shape index (κ3) is 3.87. The molecule has 226 valence electrons. The van der Waals surface area contributed by atoms with E-state index in [0.29, 0.717) is 54.6 Å². The number of fused-ring (bicyclic) bond motifs is 6. The molecule has 10 nitrogen and oxygen atoms in total. The fourth-order valence-corrected chi connectivity index (χ4v) is 6.18. The van der Waals surface area contributed by atoms with Gasteiger partial charge in [-0.25, -0.2) is 0 Å². The van der Waals surface area contributed by atoms with Crippen molar-refractivity contribution in [3.05, 3.63) is 48.5 Å². The van der Waals surface area contributed by atoms with Gasteiger partial charge in [-0.2, -0.15) is 0 Å². The normalized spacial score (nSPS) is 11.3. The van der Waals surface area contributed by atoms with Crippen LogP contribution < -0.4 is 28.4 Å². The van der Waals surface area contributed by atoms with Gasteiger partial charge in [-0.05, 0) is 59.3 Å². The Balaban J connectivity index is 1.96. The second kappa shape index (κ2) is 10.6. The molecule has 0 radical (unpaired) electrons. The standard InChI is InChI=1S/C34H30O10/c1-39-23-13-21-25(17-9-7-15(35)11-19(17)23)31(41-3)33(43-5)29(37)27(21)28-22-14-24(40-2)20-12-16(36)8-10-18(20)26(22)32(42-4)34(44-6)30(28)38/h7-14,35-38H,1-6H3. The molecular formula is C34H30O10. The van der Waals surface area contributed by atoms with E-state index < -0.39 is 0 Å². The molecule has 0 aliphatic carbocycles. The summed E-state index contributed by atoms with van der Waals surface area (Å²) in [6, 6.07) is 13.1. The minimum Gasteiger partial charge on any atom is -0.508 e. The molecule has 6 aromatic carbocycles. The van der Waals surface area contributed by atoms with Gasteiger partial charge >= 0.3 is 0 Å². The first-order valence-electron chi connectivity index (χ1n) is 13.4. The highest BCUT2D eigenvalue weighted by molar-refractivity contribution is 6.25. The molecule has 0 aromatic heterocycles. The lowest BCUT2D eigenvalue weighted by Gasteiger charge is -2.24. The average molecular weight is 599 g/mol. The van der Waals surface area contributed by atoms with Crippen LogP contribution in [-0.4, -0.2) is 63.1 Å². The number of benzene rings is 6. The minimum absolute atomic E-state index is 0.0227. The van der Waals surface area contributed by atoms with E-state index in [1.165, 1.54) is 54.8 Å². The third-order valence-electron chi connectivity index (χ3n) is 7.98. The summed E-state index contributed by atoms with van der Waals surface area (Å²) in [6.07, 6.45) is 0. The molecule has 0 amide bonds. The number of phenolic OH excluding ortho intramolecular Hbond substituents is 4. The summed E-state index contributed by atoms with van der Waals surface area (Å²) in [5, 5.41) is 48.9. The van der Waals surface area contributed by atoms with Gasteiger partial charge in [0.2, 0.25) is 11.5 Å². The quantitative estimate of drug-likeness (QED) is 0.145. The molecule has 0 saturated heterocycles. The molecule has 0 heterocycles. The number of methoxy groups -OCH3 is 6. The number of phenols is 4. The van der Waals surface area contributed by atoms with Crippen LogP contribution in [-0.2, 0) is 0 Å². The first-order chi connectivity index (χ1) is 21.2. The van der Waals surface area contributed by atoms with Crippen molar-refractivity contribution >= 4 is 43.1 Å². The van der Waals surface area contributed by atoms with E-state index in [-0.39, 0.29) is 57.1 Å². The van der Waals surface area contributed by atoms with Crippen LogP contribution >= 0.6 is 0 Å². The number of hydrogen-bond acceptors (Lipinski definition) is 10. The molecule has 0 fully saturated rings. The highest BCUT2D eigenvalue weighted by Crippen LogP contribution is 2.60. The number of aromatic hydroxyl groups is 4. The maximum atomic E-state index is 11.9. The van der Waals surface area contributed by atoms with Gasteiger partial charge in [-0.3, -0.25) is 0 Å². The van der Waals surface area contributed by atoms with Crippen molar-refractivity contribution in [2.45, 2.75) is 0 Å².